The lowest BCUT2D eigenvalue weighted by Crippen LogP contribution is -2.47. The number of likely N-dealkylation sites (tertiary alicyclic amines) is 1. The fraction of sp³-hybridized carbons (Fsp3) is 0.588. The Bertz CT molecular complexity index is 472. The van der Waals surface area contributed by atoms with Crippen LogP contribution < -0.4 is 5.73 Å². The largest absolute Gasteiger partial charge is 0.341 e. The molecule has 0 radical (unpaired) electrons. The summed E-state index contributed by atoms with van der Waals surface area (Å²) in [6.45, 7) is 1.58. The minimum Gasteiger partial charge on any atom is -0.341 e. The third-order valence-electron chi connectivity index (χ3n) is 4.31. The Balaban J connectivity index is 1.77. The Morgan fingerprint density at radius 3 is 2.59 bits per heavy atom. The number of halogens is 1. The van der Waals surface area contributed by atoms with E-state index in [1.165, 1.54) is 17.7 Å². The molecule has 0 aromatic heterocycles. The van der Waals surface area contributed by atoms with Crippen LogP contribution in [0.2, 0.25) is 0 Å². The third-order valence-corrected chi connectivity index (χ3v) is 4.96. The normalized spacial score (nSPS) is 17.5. The molecular weight excluding hydrogens is 299 g/mol. The van der Waals surface area contributed by atoms with E-state index >= 15 is 0 Å². The summed E-state index contributed by atoms with van der Waals surface area (Å²) in [5.74, 6) is 1.39. The molecule has 1 fully saturated rings. The number of carbonyl (C=O) groups excluding carboxylic acids is 1. The van der Waals surface area contributed by atoms with E-state index in [4.69, 9.17) is 5.73 Å². The van der Waals surface area contributed by atoms with Gasteiger partial charge in [0.2, 0.25) is 5.91 Å². The molecule has 1 aromatic rings. The highest BCUT2D eigenvalue weighted by atomic mass is 32.2. The van der Waals surface area contributed by atoms with Crippen molar-refractivity contribution >= 4 is 17.7 Å². The number of carbonyl (C=O) groups is 1. The number of nitrogens with zero attached hydrogens (tertiary/aromatic N) is 1. The quantitative estimate of drug-likeness (QED) is 0.875. The van der Waals surface area contributed by atoms with Gasteiger partial charge in [0, 0.05) is 13.1 Å². The molecule has 2 N–H and O–H groups in total. The molecule has 3 nitrogen and oxygen atoms in total. The molecule has 5 heteroatoms. The Kier molecular flexibility index (Phi) is 6.70. The molecule has 1 aliphatic rings. The number of rotatable bonds is 6. The van der Waals surface area contributed by atoms with E-state index in [1.54, 1.807) is 11.8 Å². The lowest BCUT2D eigenvalue weighted by atomic mass is 9.90. The highest BCUT2D eigenvalue weighted by molar-refractivity contribution is 7.98. The van der Waals surface area contributed by atoms with Crippen molar-refractivity contribution in [3.05, 3.63) is 35.6 Å². The Labute approximate surface area is 136 Å². The maximum atomic E-state index is 12.9. The van der Waals surface area contributed by atoms with E-state index in [9.17, 15) is 9.18 Å². The van der Waals surface area contributed by atoms with Gasteiger partial charge in [-0.25, -0.2) is 4.39 Å². The van der Waals surface area contributed by atoms with Crippen LogP contribution in [0.3, 0.4) is 0 Å². The van der Waals surface area contributed by atoms with Gasteiger partial charge < -0.3 is 10.6 Å². The first-order valence-electron chi connectivity index (χ1n) is 7.88. The first-order chi connectivity index (χ1) is 10.6. The van der Waals surface area contributed by atoms with Gasteiger partial charge >= 0.3 is 0 Å². The lowest BCUT2D eigenvalue weighted by molar-refractivity contribution is -0.134. The molecule has 1 atom stereocenters. The number of thioether (sulfide) groups is 1. The summed E-state index contributed by atoms with van der Waals surface area (Å²) in [5, 5.41) is 0. The van der Waals surface area contributed by atoms with Gasteiger partial charge in [-0.3, -0.25) is 4.79 Å². The van der Waals surface area contributed by atoms with Crippen molar-refractivity contribution in [3.63, 3.8) is 0 Å². The fourth-order valence-corrected chi connectivity index (χ4v) is 3.40. The molecule has 0 bridgehead atoms. The van der Waals surface area contributed by atoms with Gasteiger partial charge in [-0.1, -0.05) is 12.1 Å². The topological polar surface area (TPSA) is 46.3 Å². The summed E-state index contributed by atoms with van der Waals surface area (Å²) >= 11 is 1.72. The highest BCUT2D eigenvalue weighted by Crippen LogP contribution is 2.22. The zero-order chi connectivity index (χ0) is 15.9. The number of nitrogens with two attached hydrogens (primary N) is 1. The average Bonchev–Trinajstić information content (AvgIpc) is 2.55. The van der Waals surface area contributed by atoms with Crippen LogP contribution in [0.15, 0.2) is 24.3 Å². The number of amides is 1. The van der Waals surface area contributed by atoms with Crippen molar-refractivity contribution in [2.24, 2.45) is 11.7 Å². The standard InChI is InChI=1S/C17H25FN2OS/c1-22-11-8-16(19)17(21)20-9-6-14(7-10-20)12-13-2-4-15(18)5-3-13/h2-5,14,16H,6-12,19H2,1H3/t16-/m0/s1. The van der Waals surface area contributed by atoms with E-state index in [-0.39, 0.29) is 17.8 Å². The molecule has 1 amide bonds. The van der Waals surface area contributed by atoms with Crippen molar-refractivity contribution in [3.8, 4) is 0 Å². The van der Waals surface area contributed by atoms with E-state index < -0.39 is 0 Å². The SMILES string of the molecule is CSCC[C@H](N)C(=O)N1CCC(Cc2ccc(F)cc2)CC1. The second kappa shape index (κ2) is 8.53. The van der Waals surface area contributed by atoms with E-state index in [2.05, 4.69) is 0 Å². The smallest absolute Gasteiger partial charge is 0.239 e. The van der Waals surface area contributed by atoms with Crippen LogP contribution in [0.1, 0.15) is 24.8 Å². The number of hydrogen-bond acceptors (Lipinski definition) is 3. The molecule has 0 saturated carbocycles. The predicted octanol–water partition coefficient (Wildman–Crippen LogP) is 2.69. The first-order valence-corrected chi connectivity index (χ1v) is 9.27. The van der Waals surface area contributed by atoms with Crippen LogP contribution in [0.5, 0.6) is 0 Å². The molecule has 0 spiro atoms. The second-order valence-corrected chi connectivity index (χ2v) is 6.97. The Morgan fingerprint density at radius 2 is 2.00 bits per heavy atom. The van der Waals surface area contributed by atoms with Gasteiger partial charge in [0.25, 0.3) is 0 Å². The zero-order valence-corrected chi connectivity index (χ0v) is 13.9. The summed E-state index contributed by atoms with van der Waals surface area (Å²) in [5.41, 5.74) is 7.14. The molecular formula is C17H25FN2OS. The van der Waals surface area contributed by atoms with Crippen molar-refractivity contribution in [1.29, 1.82) is 0 Å². The summed E-state index contributed by atoms with van der Waals surface area (Å²) < 4.78 is 12.9. The molecule has 2 rings (SSSR count). The molecule has 0 unspecified atom stereocenters. The maximum absolute atomic E-state index is 12.9. The predicted molar refractivity (Wildman–Crippen MR) is 90.4 cm³/mol. The van der Waals surface area contributed by atoms with Crippen LogP contribution in [0.25, 0.3) is 0 Å². The van der Waals surface area contributed by atoms with Gasteiger partial charge in [-0.05, 0) is 61.3 Å². The van der Waals surface area contributed by atoms with Gasteiger partial charge in [-0.2, -0.15) is 11.8 Å². The minimum atomic E-state index is -0.360. The molecule has 122 valence electrons. The van der Waals surface area contributed by atoms with Gasteiger partial charge in [0.05, 0.1) is 6.04 Å². The number of benzene rings is 1. The highest BCUT2D eigenvalue weighted by Gasteiger charge is 2.26. The van der Waals surface area contributed by atoms with Gasteiger partial charge in [-0.15, -0.1) is 0 Å². The summed E-state index contributed by atoms with van der Waals surface area (Å²) in [4.78, 5) is 14.2. The fourth-order valence-electron chi connectivity index (χ4n) is 2.91. The third kappa shape index (κ3) is 4.99. The number of piperidine rings is 1. The zero-order valence-electron chi connectivity index (χ0n) is 13.1. The summed E-state index contributed by atoms with van der Waals surface area (Å²) in [6, 6.07) is 6.37. The maximum Gasteiger partial charge on any atom is 0.239 e. The van der Waals surface area contributed by atoms with Crippen LogP contribution in [0.4, 0.5) is 4.39 Å². The first kappa shape index (κ1) is 17.3. The number of hydrogen-bond donors (Lipinski definition) is 1. The van der Waals surface area contributed by atoms with Crippen molar-refractivity contribution in [2.45, 2.75) is 31.7 Å². The van der Waals surface area contributed by atoms with Crippen molar-refractivity contribution < 1.29 is 9.18 Å². The van der Waals surface area contributed by atoms with Crippen LogP contribution in [0, 0.1) is 11.7 Å². The molecule has 1 saturated heterocycles. The van der Waals surface area contributed by atoms with Crippen LogP contribution in [-0.2, 0) is 11.2 Å². The second-order valence-electron chi connectivity index (χ2n) is 5.99. The molecule has 22 heavy (non-hydrogen) atoms. The Hall–Kier alpha value is -1.07. The van der Waals surface area contributed by atoms with Crippen LogP contribution >= 0.6 is 11.8 Å². The molecule has 1 heterocycles. The van der Waals surface area contributed by atoms with Gasteiger partial charge in [0.1, 0.15) is 5.82 Å². The van der Waals surface area contributed by atoms with Crippen LogP contribution in [-0.4, -0.2) is 41.9 Å². The molecule has 1 aliphatic heterocycles. The van der Waals surface area contributed by atoms with Crippen molar-refractivity contribution in [1.82, 2.24) is 4.90 Å². The minimum absolute atomic E-state index is 0.0919. The van der Waals surface area contributed by atoms with Gasteiger partial charge in [0.15, 0.2) is 0 Å². The van der Waals surface area contributed by atoms with E-state index in [1.807, 2.05) is 23.3 Å². The summed E-state index contributed by atoms with van der Waals surface area (Å²) in [6.07, 6.45) is 5.73. The Morgan fingerprint density at radius 1 is 1.36 bits per heavy atom. The molecule has 1 aromatic carbocycles. The lowest BCUT2D eigenvalue weighted by Gasteiger charge is -2.33. The van der Waals surface area contributed by atoms with Crippen molar-refractivity contribution in [2.75, 3.05) is 25.1 Å². The summed E-state index contributed by atoms with van der Waals surface area (Å²) in [7, 11) is 0. The van der Waals surface area contributed by atoms with E-state index in [0.717, 1.165) is 44.5 Å². The monoisotopic (exact) mass is 324 g/mol. The molecule has 0 aliphatic carbocycles. The van der Waals surface area contributed by atoms with E-state index in [0.29, 0.717) is 5.92 Å². The average molecular weight is 324 g/mol.